The molecule has 0 aromatic heterocycles. The molecule has 0 aliphatic carbocycles. The van der Waals surface area contributed by atoms with Gasteiger partial charge in [-0.1, -0.05) is 0 Å². The van der Waals surface area contributed by atoms with Crippen LogP contribution in [0.5, 0.6) is 0 Å². The van der Waals surface area contributed by atoms with E-state index in [0.717, 1.165) is 6.07 Å². The fourth-order valence-electron chi connectivity index (χ4n) is 1.30. The van der Waals surface area contributed by atoms with Gasteiger partial charge in [0.25, 0.3) is 0 Å². The molecule has 5 heteroatoms. The Morgan fingerprint density at radius 1 is 1.38 bits per heavy atom. The van der Waals surface area contributed by atoms with Crippen LogP contribution in [0, 0.1) is 11.6 Å². The number of likely N-dealkylation sites (N-methyl/N-ethyl adjacent to an activating group) is 1. The largest absolute Gasteiger partial charge is 0.397 e. The Morgan fingerprint density at radius 2 is 1.94 bits per heavy atom. The van der Waals surface area contributed by atoms with Crippen LogP contribution in [0.1, 0.15) is 13.8 Å². The van der Waals surface area contributed by atoms with Crippen molar-refractivity contribution in [3.63, 3.8) is 0 Å². The molecule has 3 nitrogen and oxygen atoms in total. The Labute approximate surface area is 93.5 Å². The first-order valence-electron chi connectivity index (χ1n) is 4.89. The molecular weight excluding hydrogens is 214 g/mol. The minimum atomic E-state index is -0.996. The van der Waals surface area contributed by atoms with E-state index in [9.17, 15) is 13.9 Å². The van der Waals surface area contributed by atoms with Crippen LogP contribution in [0.15, 0.2) is 12.1 Å². The van der Waals surface area contributed by atoms with Gasteiger partial charge in [0, 0.05) is 7.05 Å². The second-order valence-electron chi connectivity index (χ2n) is 4.33. The molecule has 0 radical (unpaired) electrons. The van der Waals surface area contributed by atoms with E-state index in [4.69, 9.17) is 5.73 Å². The lowest BCUT2D eigenvalue weighted by molar-refractivity contribution is 0.215. The molecule has 0 fully saturated rings. The summed E-state index contributed by atoms with van der Waals surface area (Å²) in [7, 11) is 1.56. The molecule has 1 aromatic rings. The molecule has 0 aliphatic rings. The van der Waals surface area contributed by atoms with Crippen LogP contribution in [0.25, 0.3) is 0 Å². The van der Waals surface area contributed by atoms with E-state index in [0.29, 0.717) is 0 Å². The normalized spacial score (nSPS) is 11.6. The second-order valence-corrected chi connectivity index (χ2v) is 4.33. The van der Waals surface area contributed by atoms with Crippen molar-refractivity contribution in [2.75, 3.05) is 24.3 Å². The molecule has 3 N–H and O–H groups in total. The first kappa shape index (κ1) is 12.7. The van der Waals surface area contributed by atoms with E-state index >= 15 is 0 Å². The molecule has 0 aliphatic heterocycles. The van der Waals surface area contributed by atoms with E-state index in [1.54, 1.807) is 20.9 Å². The first-order valence-corrected chi connectivity index (χ1v) is 4.89. The highest BCUT2D eigenvalue weighted by molar-refractivity contribution is 5.69. The lowest BCUT2D eigenvalue weighted by Gasteiger charge is -2.36. The topological polar surface area (TPSA) is 49.5 Å². The number of hydrogen-bond acceptors (Lipinski definition) is 3. The third-order valence-electron chi connectivity index (χ3n) is 2.73. The highest BCUT2D eigenvalue weighted by Crippen LogP contribution is 2.31. The van der Waals surface area contributed by atoms with Gasteiger partial charge in [-0.3, -0.25) is 0 Å². The van der Waals surface area contributed by atoms with Gasteiger partial charge in [-0.2, -0.15) is 0 Å². The maximum absolute atomic E-state index is 13.6. The molecule has 0 bridgehead atoms. The smallest absolute Gasteiger partial charge is 0.184 e. The summed E-state index contributed by atoms with van der Waals surface area (Å²) in [4.78, 5) is 1.43. The van der Waals surface area contributed by atoms with Crippen molar-refractivity contribution in [3.8, 4) is 0 Å². The zero-order valence-corrected chi connectivity index (χ0v) is 9.59. The number of aliphatic hydroxyl groups is 1. The van der Waals surface area contributed by atoms with Gasteiger partial charge in [0.2, 0.25) is 0 Å². The summed E-state index contributed by atoms with van der Waals surface area (Å²) in [5, 5.41) is 9.18. The maximum Gasteiger partial charge on any atom is 0.184 e. The fourth-order valence-corrected chi connectivity index (χ4v) is 1.30. The molecule has 1 aromatic carbocycles. The number of nitrogen functional groups attached to an aromatic ring is 1. The average Bonchev–Trinajstić information content (AvgIpc) is 2.24. The number of nitrogens with two attached hydrogens (primary N) is 1. The number of aliphatic hydroxyl groups excluding tert-OH is 1. The summed E-state index contributed by atoms with van der Waals surface area (Å²) in [6, 6.07) is 2.28. The van der Waals surface area contributed by atoms with E-state index in [1.807, 2.05) is 0 Å². The van der Waals surface area contributed by atoms with Gasteiger partial charge >= 0.3 is 0 Å². The van der Waals surface area contributed by atoms with Gasteiger partial charge in [0.05, 0.1) is 23.5 Å². The summed E-state index contributed by atoms with van der Waals surface area (Å²) in [6.45, 7) is 3.21. The Kier molecular flexibility index (Phi) is 3.38. The molecular formula is C11H16F2N2O. The van der Waals surface area contributed by atoms with Crippen molar-refractivity contribution >= 4 is 11.4 Å². The van der Waals surface area contributed by atoms with Crippen molar-refractivity contribution in [3.05, 3.63) is 23.8 Å². The first-order chi connectivity index (χ1) is 7.31. The van der Waals surface area contributed by atoms with Crippen molar-refractivity contribution in [2.24, 2.45) is 0 Å². The van der Waals surface area contributed by atoms with Crippen molar-refractivity contribution in [1.82, 2.24) is 0 Å². The quantitative estimate of drug-likeness (QED) is 0.778. The molecule has 0 spiro atoms. The number of halogens is 2. The lowest BCUT2D eigenvalue weighted by Crippen LogP contribution is -2.45. The summed E-state index contributed by atoms with van der Waals surface area (Å²) in [6.07, 6.45) is 0. The highest BCUT2D eigenvalue weighted by Gasteiger charge is 2.27. The molecule has 1 rings (SSSR count). The summed E-state index contributed by atoms with van der Waals surface area (Å²) < 4.78 is 26.7. The molecule has 0 heterocycles. The number of anilines is 2. The molecule has 0 atom stereocenters. The molecule has 16 heavy (non-hydrogen) atoms. The third-order valence-corrected chi connectivity index (χ3v) is 2.73. The van der Waals surface area contributed by atoms with Crippen LogP contribution in [0.3, 0.4) is 0 Å². The van der Waals surface area contributed by atoms with Crippen molar-refractivity contribution < 1.29 is 13.9 Å². The highest BCUT2D eigenvalue weighted by atomic mass is 19.2. The number of benzene rings is 1. The lowest BCUT2D eigenvalue weighted by atomic mass is 10.0. The van der Waals surface area contributed by atoms with Crippen molar-refractivity contribution in [2.45, 2.75) is 19.4 Å². The molecule has 0 saturated carbocycles. The summed E-state index contributed by atoms with van der Waals surface area (Å²) in [5.74, 6) is -1.95. The zero-order chi connectivity index (χ0) is 12.5. The molecule has 0 unspecified atom stereocenters. The van der Waals surface area contributed by atoms with Crippen LogP contribution >= 0.6 is 0 Å². The van der Waals surface area contributed by atoms with Crippen LogP contribution in [0.2, 0.25) is 0 Å². The van der Waals surface area contributed by atoms with Crippen LogP contribution in [-0.2, 0) is 0 Å². The van der Waals surface area contributed by atoms with E-state index in [-0.39, 0.29) is 18.0 Å². The molecule has 0 saturated heterocycles. The predicted molar refractivity (Wildman–Crippen MR) is 60.3 cm³/mol. The van der Waals surface area contributed by atoms with Gasteiger partial charge in [-0.15, -0.1) is 0 Å². The average molecular weight is 230 g/mol. The van der Waals surface area contributed by atoms with Gasteiger partial charge in [0.1, 0.15) is 0 Å². The predicted octanol–water partition coefficient (Wildman–Crippen LogP) is 1.75. The Morgan fingerprint density at radius 3 is 2.44 bits per heavy atom. The molecule has 90 valence electrons. The third kappa shape index (κ3) is 2.09. The summed E-state index contributed by atoms with van der Waals surface area (Å²) in [5.41, 5.74) is 5.01. The second kappa shape index (κ2) is 4.25. The number of hydrogen-bond donors (Lipinski definition) is 2. The molecule has 0 amide bonds. The van der Waals surface area contributed by atoms with Crippen molar-refractivity contribution in [1.29, 1.82) is 0 Å². The minimum Gasteiger partial charge on any atom is -0.397 e. The number of rotatable bonds is 3. The zero-order valence-electron chi connectivity index (χ0n) is 9.59. The maximum atomic E-state index is 13.6. The van der Waals surface area contributed by atoms with Crippen LogP contribution in [0.4, 0.5) is 20.2 Å². The van der Waals surface area contributed by atoms with Gasteiger partial charge in [0.15, 0.2) is 11.6 Å². The Hall–Kier alpha value is -1.36. The monoisotopic (exact) mass is 230 g/mol. The van der Waals surface area contributed by atoms with E-state index < -0.39 is 17.2 Å². The van der Waals surface area contributed by atoms with Crippen LogP contribution in [-0.4, -0.2) is 24.3 Å². The minimum absolute atomic E-state index is 0.0287. The summed E-state index contributed by atoms with van der Waals surface area (Å²) >= 11 is 0. The van der Waals surface area contributed by atoms with Gasteiger partial charge in [-0.25, -0.2) is 8.78 Å². The van der Waals surface area contributed by atoms with Crippen LogP contribution < -0.4 is 10.6 Å². The number of nitrogens with zero attached hydrogens (tertiary/aromatic N) is 1. The standard InChI is InChI=1S/C11H16F2N2O/c1-11(2,6-16)15(3)10-8(14)5-4-7(12)9(10)13/h4-5,16H,6,14H2,1-3H3. The van der Waals surface area contributed by atoms with E-state index in [2.05, 4.69) is 0 Å². The van der Waals surface area contributed by atoms with Gasteiger partial charge < -0.3 is 15.7 Å². The Balaban J connectivity index is 3.28. The fraction of sp³-hybridized carbons (Fsp3) is 0.455. The SMILES string of the molecule is CN(c1c(N)ccc(F)c1F)C(C)(C)CO. The van der Waals surface area contributed by atoms with E-state index in [1.165, 1.54) is 11.0 Å². The Bertz CT molecular complexity index is 394. The van der Waals surface area contributed by atoms with Gasteiger partial charge in [-0.05, 0) is 26.0 Å².